The summed E-state index contributed by atoms with van der Waals surface area (Å²) in [4.78, 5) is 54.3. The molecule has 4 aliphatic heterocycles. The average Bonchev–Trinajstić information content (AvgIpc) is 3.55. The molecule has 4 heterocycles. The van der Waals surface area contributed by atoms with Gasteiger partial charge in [-0.25, -0.2) is 18.4 Å². The molecule has 4 aliphatic rings. The molecular formula is C24H20F2N4O6. The highest BCUT2D eigenvalue weighted by Crippen LogP contribution is 2.36. The summed E-state index contributed by atoms with van der Waals surface area (Å²) in [5, 5.41) is 0. The Kier molecular flexibility index (Phi) is 4.88. The van der Waals surface area contributed by atoms with Crippen molar-refractivity contribution < 1.29 is 37.4 Å². The van der Waals surface area contributed by atoms with Crippen molar-refractivity contribution in [3.8, 4) is 0 Å². The zero-order valence-electron chi connectivity index (χ0n) is 19.0. The highest BCUT2D eigenvalue weighted by atomic mass is 19.1. The summed E-state index contributed by atoms with van der Waals surface area (Å²) in [6.45, 7) is 0.0652. The number of cyclic esters (lactones) is 1. The van der Waals surface area contributed by atoms with Gasteiger partial charge in [-0.15, -0.1) is 0 Å². The van der Waals surface area contributed by atoms with E-state index in [1.807, 2.05) is 0 Å². The van der Waals surface area contributed by atoms with Gasteiger partial charge in [-0.3, -0.25) is 19.4 Å². The molecule has 0 spiro atoms. The van der Waals surface area contributed by atoms with Gasteiger partial charge >= 0.3 is 12.2 Å². The van der Waals surface area contributed by atoms with Crippen LogP contribution in [0.4, 0.5) is 29.7 Å². The van der Waals surface area contributed by atoms with E-state index in [9.17, 15) is 19.2 Å². The van der Waals surface area contributed by atoms with E-state index in [0.29, 0.717) is 0 Å². The smallest absolute Gasteiger partial charge is 0.414 e. The van der Waals surface area contributed by atoms with Crippen LogP contribution in [0.15, 0.2) is 36.4 Å². The van der Waals surface area contributed by atoms with E-state index in [2.05, 4.69) is 0 Å². The molecule has 0 aliphatic carbocycles. The second-order valence-electron chi connectivity index (χ2n) is 9.15. The van der Waals surface area contributed by atoms with E-state index in [1.54, 1.807) is 31.3 Å². The lowest BCUT2D eigenvalue weighted by atomic mass is 10.1. The molecular weight excluding hydrogens is 478 g/mol. The van der Waals surface area contributed by atoms with Crippen LogP contribution in [0.1, 0.15) is 20.7 Å². The molecule has 2 aromatic rings. The Bertz CT molecular complexity index is 1280. The first kappa shape index (κ1) is 22.3. The number of carbonyl (C=O) groups excluding carboxylic acids is 4. The maximum absolute atomic E-state index is 15.1. The molecule has 3 fully saturated rings. The first-order valence-electron chi connectivity index (χ1n) is 11.3. The molecule has 0 unspecified atom stereocenters. The number of halogens is 2. The summed E-state index contributed by atoms with van der Waals surface area (Å²) in [6.07, 6.45) is -2.66. The third kappa shape index (κ3) is 3.28. The van der Waals surface area contributed by atoms with Crippen LogP contribution in [0.25, 0.3) is 0 Å². The van der Waals surface area contributed by atoms with Gasteiger partial charge in [0.15, 0.2) is 11.6 Å². The third-order valence-electron chi connectivity index (χ3n) is 7.04. The Labute approximate surface area is 203 Å². The lowest BCUT2D eigenvalue weighted by Gasteiger charge is -2.23. The molecule has 0 bridgehead atoms. The van der Waals surface area contributed by atoms with Crippen molar-refractivity contribution in [3.05, 3.63) is 59.2 Å². The minimum Gasteiger partial charge on any atom is -0.442 e. The number of imide groups is 1. The van der Waals surface area contributed by atoms with E-state index in [-0.39, 0.29) is 54.7 Å². The topological polar surface area (TPSA) is 99.7 Å². The number of anilines is 2. The number of hydrogen-bond acceptors (Lipinski definition) is 7. The number of benzene rings is 2. The SMILES string of the molecule is CN1C(=O)O[C@H]2CN(c3c(F)cc(N4C[C@H](CN5C(=O)c6ccccc6C5=O)OC4=O)cc3F)C[C@H]21. The van der Waals surface area contributed by atoms with Gasteiger partial charge in [0.1, 0.15) is 17.9 Å². The molecule has 0 N–H and O–H groups in total. The summed E-state index contributed by atoms with van der Waals surface area (Å²) in [7, 11) is 1.57. The number of likely N-dealkylation sites (N-methyl/N-ethyl adjacent to an activating group) is 1. The van der Waals surface area contributed by atoms with Gasteiger partial charge in [-0.2, -0.15) is 0 Å². The van der Waals surface area contributed by atoms with Crippen molar-refractivity contribution in [1.29, 1.82) is 0 Å². The monoisotopic (exact) mass is 498 g/mol. The molecule has 6 rings (SSSR count). The van der Waals surface area contributed by atoms with Crippen LogP contribution in [0, 0.1) is 11.6 Å². The van der Waals surface area contributed by atoms with E-state index in [0.717, 1.165) is 21.9 Å². The number of carbonyl (C=O) groups is 4. The van der Waals surface area contributed by atoms with Crippen molar-refractivity contribution in [3.63, 3.8) is 0 Å². The Morgan fingerprint density at radius 3 is 2.14 bits per heavy atom. The van der Waals surface area contributed by atoms with Gasteiger partial charge in [-0.1, -0.05) is 12.1 Å². The number of amides is 4. The van der Waals surface area contributed by atoms with Gasteiger partial charge in [0.05, 0.1) is 42.5 Å². The maximum Gasteiger partial charge on any atom is 0.414 e. The quantitative estimate of drug-likeness (QED) is 0.596. The van der Waals surface area contributed by atoms with E-state index < -0.39 is 47.8 Å². The number of ether oxygens (including phenoxy) is 2. The van der Waals surface area contributed by atoms with Gasteiger partial charge in [0, 0.05) is 25.7 Å². The van der Waals surface area contributed by atoms with Crippen LogP contribution in [0.5, 0.6) is 0 Å². The maximum atomic E-state index is 15.1. The number of fused-ring (bicyclic) bond motifs is 2. The largest absolute Gasteiger partial charge is 0.442 e. The second kappa shape index (κ2) is 7.90. The van der Waals surface area contributed by atoms with Gasteiger partial charge in [0.2, 0.25) is 0 Å². The standard InChI is InChI=1S/C24H20F2N4O6/c1-27-18-10-28(11-19(18)36-23(27)33)20-16(25)6-12(7-17(20)26)29-8-13(35-24(29)34)9-30-21(31)14-4-2-3-5-15(14)22(30)32/h2-7,13,18-19H,8-11H2,1H3/t13-,18-,19+/m1/s1. The number of hydrogen-bond donors (Lipinski definition) is 0. The molecule has 0 saturated carbocycles. The molecule has 186 valence electrons. The fourth-order valence-corrected chi connectivity index (χ4v) is 5.22. The van der Waals surface area contributed by atoms with E-state index >= 15 is 8.78 Å². The highest BCUT2D eigenvalue weighted by molar-refractivity contribution is 6.21. The zero-order chi connectivity index (χ0) is 25.3. The highest BCUT2D eigenvalue weighted by Gasteiger charge is 2.47. The molecule has 10 nitrogen and oxygen atoms in total. The van der Waals surface area contributed by atoms with Crippen LogP contribution in [0.3, 0.4) is 0 Å². The predicted molar refractivity (Wildman–Crippen MR) is 120 cm³/mol. The minimum absolute atomic E-state index is 0.0495. The van der Waals surface area contributed by atoms with Crippen molar-refractivity contribution in [2.45, 2.75) is 18.2 Å². The van der Waals surface area contributed by atoms with Gasteiger partial charge in [0.25, 0.3) is 11.8 Å². The van der Waals surface area contributed by atoms with Crippen molar-refractivity contribution in [2.24, 2.45) is 0 Å². The Balaban J connectivity index is 1.17. The van der Waals surface area contributed by atoms with E-state index in [4.69, 9.17) is 9.47 Å². The first-order valence-corrected chi connectivity index (χ1v) is 11.3. The van der Waals surface area contributed by atoms with Crippen molar-refractivity contribution in [1.82, 2.24) is 9.80 Å². The van der Waals surface area contributed by atoms with Crippen LogP contribution in [-0.4, -0.2) is 85.3 Å². The number of rotatable bonds is 4. The first-order chi connectivity index (χ1) is 17.2. The molecule has 12 heteroatoms. The summed E-state index contributed by atoms with van der Waals surface area (Å²) < 4.78 is 40.7. The predicted octanol–water partition coefficient (Wildman–Crippen LogP) is 2.23. The molecule has 2 aromatic carbocycles. The fourth-order valence-electron chi connectivity index (χ4n) is 5.22. The molecule has 3 atom stereocenters. The summed E-state index contributed by atoms with van der Waals surface area (Å²) in [6, 6.07) is 8.15. The van der Waals surface area contributed by atoms with Crippen molar-refractivity contribution >= 4 is 35.4 Å². The average molecular weight is 498 g/mol. The van der Waals surface area contributed by atoms with E-state index in [1.165, 1.54) is 9.80 Å². The zero-order valence-corrected chi connectivity index (χ0v) is 19.0. The molecule has 0 radical (unpaired) electrons. The molecule has 36 heavy (non-hydrogen) atoms. The van der Waals surface area contributed by atoms with Gasteiger partial charge < -0.3 is 19.3 Å². The summed E-state index contributed by atoms with van der Waals surface area (Å²) in [5.41, 5.74) is 0.227. The van der Waals surface area contributed by atoms with Crippen LogP contribution in [-0.2, 0) is 9.47 Å². The van der Waals surface area contributed by atoms with Crippen molar-refractivity contribution in [2.75, 3.05) is 43.0 Å². The van der Waals surface area contributed by atoms with Crippen LogP contribution >= 0.6 is 0 Å². The Morgan fingerprint density at radius 1 is 0.889 bits per heavy atom. The van der Waals surface area contributed by atoms with Gasteiger partial charge in [-0.05, 0) is 12.1 Å². The minimum atomic E-state index is -0.879. The van der Waals surface area contributed by atoms with Crippen LogP contribution in [0.2, 0.25) is 0 Å². The number of nitrogens with zero attached hydrogens (tertiary/aromatic N) is 4. The lowest BCUT2D eigenvalue weighted by Crippen LogP contribution is -2.38. The molecule has 4 amide bonds. The molecule has 3 saturated heterocycles. The summed E-state index contributed by atoms with van der Waals surface area (Å²) in [5.74, 6) is -2.73. The fraction of sp³-hybridized carbons (Fsp3) is 0.333. The third-order valence-corrected chi connectivity index (χ3v) is 7.04. The normalized spacial score (nSPS) is 25.0. The Morgan fingerprint density at radius 2 is 1.53 bits per heavy atom. The van der Waals surface area contributed by atoms with Crippen LogP contribution < -0.4 is 9.80 Å². The summed E-state index contributed by atoms with van der Waals surface area (Å²) >= 11 is 0. The molecule has 0 aromatic heterocycles. The lowest BCUT2D eigenvalue weighted by molar-refractivity contribution is 0.0558. The Hall–Kier alpha value is -4.22. The second-order valence-corrected chi connectivity index (χ2v) is 9.15.